The third-order valence-electron chi connectivity index (χ3n) is 4.03. The van der Waals surface area contributed by atoms with Crippen LogP contribution in [0.1, 0.15) is 34.6 Å². The van der Waals surface area contributed by atoms with Crippen LogP contribution < -0.4 is 5.32 Å². The summed E-state index contributed by atoms with van der Waals surface area (Å²) in [7, 11) is 0. The van der Waals surface area contributed by atoms with Crippen molar-refractivity contribution in [2.75, 3.05) is 0 Å². The van der Waals surface area contributed by atoms with E-state index in [1.54, 1.807) is 28.9 Å². The first-order valence-electron chi connectivity index (χ1n) is 7.63. The second-order valence-electron chi connectivity index (χ2n) is 6.01. The third-order valence-corrected chi connectivity index (χ3v) is 4.03. The van der Waals surface area contributed by atoms with Crippen LogP contribution in [-0.4, -0.2) is 32.8 Å². The van der Waals surface area contributed by atoms with Crippen molar-refractivity contribution < 1.29 is 14.7 Å². The quantitative estimate of drug-likeness (QED) is 0.885. The van der Waals surface area contributed by atoms with E-state index in [1.807, 2.05) is 19.9 Å². The molecule has 1 aliphatic rings. The van der Waals surface area contributed by atoms with Gasteiger partial charge in [0.15, 0.2) is 0 Å². The first-order valence-corrected chi connectivity index (χ1v) is 7.63. The van der Waals surface area contributed by atoms with Gasteiger partial charge in [0.05, 0.1) is 11.4 Å². The zero-order valence-corrected chi connectivity index (χ0v) is 13.1. The van der Waals surface area contributed by atoms with E-state index < -0.39 is 12.0 Å². The van der Waals surface area contributed by atoms with E-state index in [0.29, 0.717) is 5.56 Å². The largest absolute Gasteiger partial charge is 0.480 e. The molecule has 6 nitrogen and oxygen atoms in total. The molecule has 2 N–H and O–H groups in total. The Labute approximate surface area is 134 Å². The number of carbonyl (C=O) groups excluding carboxylic acids is 1. The lowest BCUT2D eigenvalue weighted by molar-refractivity contribution is -0.139. The molecule has 1 atom stereocenters. The summed E-state index contributed by atoms with van der Waals surface area (Å²) in [5.74, 6) is -1.27. The Hall–Kier alpha value is -2.63. The molecule has 0 spiro atoms. The Bertz CT molecular complexity index is 745. The van der Waals surface area contributed by atoms with Crippen molar-refractivity contribution in [2.24, 2.45) is 5.92 Å². The zero-order chi connectivity index (χ0) is 16.6. The van der Waals surface area contributed by atoms with Gasteiger partial charge in [-0.2, -0.15) is 5.10 Å². The van der Waals surface area contributed by atoms with Crippen molar-refractivity contribution >= 4 is 11.9 Å². The van der Waals surface area contributed by atoms with Crippen molar-refractivity contribution in [1.82, 2.24) is 15.1 Å². The molecule has 0 radical (unpaired) electrons. The number of hydrogen-bond acceptors (Lipinski definition) is 3. The highest BCUT2D eigenvalue weighted by atomic mass is 16.4. The number of carboxylic acid groups (broad SMARTS) is 1. The topological polar surface area (TPSA) is 84.2 Å². The van der Waals surface area contributed by atoms with Gasteiger partial charge in [-0.15, -0.1) is 0 Å². The number of amides is 1. The normalized spacial score (nSPS) is 15.2. The van der Waals surface area contributed by atoms with Gasteiger partial charge in [-0.25, -0.2) is 9.48 Å². The molecule has 1 amide bonds. The van der Waals surface area contributed by atoms with Crippen LogP contribution in [0.3, 0.4) is 0 Å². The van der Waals surface area contributed by atoms with Gasteiger partial charge in [-0.1, -0.05) is 0 Å². The standard InChI is InChI=1S/C17H19N3O3/c1-10-9-11(2)20(19-10)14-7-5-13(6-8-14)16(21)18-15(17(22)23)12-3-4-12/h5-9,12,15H,3-4H2,1-2H3,(H,18,21)(H,22,23). The van der Waals surface area contributed by atoms with E-state index in [1.165, 1.54) is 0 Å². The van der Waals surface area contributed by atoms with Crippen LogP contribution in [0.25, 0.3) is 5.69 Å². The van der Waals surface area contributed by atoms with Crippen LogP contribution in [0.15, 0.2) is 30.3 Å². The number of hydrogen-bond donors (Lipinski definition) is 2. The monoisotopic (exact) mass is 313 g/mol. The summed E-state index contributed by atoms with van der Waals surface area (Å²) < 4.78 is 1.81. The number of nitrogens with one attached hydrogen (secondary N) is 1. The predicted molar refractivity (Wildman–Crippen MR) is 84.7 cm³/mol. The Morgan fingerprint density at radius 3 is 2.39 bits per heavy atom. The molecule has 23 heavy (non-hydrogen) atoms. The van der Waals surface area contributed by atoms with Gasteiger partial charge in [0.1, 0.15) is 6.04 Å². The first kappa shape index (κ1) is 15.3. The summed E-state index contributed by atoms with van der Waals surface area (Å²) >= 11 is 0. The van der Waals surface area contributed by atoms with E-state index in [0.717, 1.165) is 29.9 Å². The van der Waals surface area contributed by atoms with Gasteiger partial charge >= 0.3 is 5.97 Å². The van der Waals surface area contributed by atoms with Crippen LogP contribution in [0.5, 0.6) is 0 Å². The molecule has 1 unspecified atom stereocenters. The number of nitrogens with zero attached hydrogens (tertiary/aromatic N) is 2. The molecule has 0 aliphatic heterocycles. The van der Waals surface area contributed by atoms with Crippen LogP contribution in [0.4, 0.5) is 0 Å². The minimum atomic E-state index is -0.972. The van der Waals surface area contributed by atoms with Crippen LogP contribution in [-0.2, 0) is 4.79 Å². The molecular weight excluding hydrogens is 294 g/mol. The molecule has 120 valence electrons. The Morgan fingerprint density at radius 1 is 1.26 bits per heavy atom. The van der Waals surface area contributed by atoms with E-state index in [4.69, 9.17) is 0 Å². The maximum Gasteiger partial charge on any atom is 0.326 e. The van der Waals surface area contributed by atoms with Gasteiger partial charge in [-0.3, -0.25) is 4.79 Å². The number of rotatable bonds is 5. The summed E-state index contributed by atoms with van der Waals surface area (Å²) in [4.78, 5) is 23.4. The van der Waals surface area contributed by atoms with Crippen molar-refractivity contribution in [2.45, 2.75) is 32.7 Å². The van der Waals surface area contributed by atoms with E-state index in [9.17, 15) is 14.7 Å². The maximum absolute atomic E-state index is 12.2. The molecule has 1 heterocycles. The number of carboxylic acids is 1. The smallest absolute Gasteiger partial charge is 0.326 e. The third kappa shape index (κ3) is 3.26. The van der Waals surface area contributed by atoms with Crippen LogP contribution in [0, 0.1) is 19.8 Å². The molecule has 0 saturated heterocycles. The average Bonchev–Trinajstić information content (AvgIpc) is 3.29. The minimum Gasteiger partial charge on any atom is -0.480 e. The molecule has 2 aromatic rings. The highest BCUT2D eigenvalue weighted by Crippen LogP contribution is 2.32. The van der Waals surface area contributed by atoms with Gasteiger partial charge in [0, 0.05) is 11.3 Å². The van der Waals surface area contributed by atoms with E-state index >= 15 is 0 Å². The summed E-state index contributed by atoms with van der Waals surface area (Å²) in [5.41, 5.74) is 3.25. The van der Waals surface area contributed by atoms with Gasteiger partial charge < -0.3 is 10.4 Å². The highest BCUT2D eigenvalue weighted by molar-refractivity contribution is 5.96. The molecule has 1 saturated carbocycles. The van der Waals surface area contributed by atoms with Crippen LogP contribution >= 0.6 is 0 Å². The highest BCUT2D eigenvalue weighted by Gasteiger charge is 2.37. The fraction of sp³-hybridized carbons (Fsp3) is 0.353. The number of benzene rings is 1. The molecule has 3 rings (SSSR count). The van der Waals surface area contributed by atoms with Gasteiger partial charge in [0.2, 0.25) is 0 Å². The lowest BCUT2D eigenvalue weighted by Crippen LogP contribution is -2.42. The molecule has 1 fully saturated rings. The lowest BCUT2D eigenvalue weighted by atomic mass is 10.1. The molecule has 1 aromatic carbocycles. The molecule has 1 aromatic heterocycles. The number of aromatic nitrogens is 2. The fourth-order valence-electron chi connectivity index (χ4n) is 2.68. The average molecular weight is 313 g/mol. The van der Waals surface area contributed by atoms with Crippen LogP contribution in [0.2, 0.25) is 0 Å². The van der Waals surface area contributed by atoms with Crippen molar-refractivity contribution in [3.8, 4) is 5.69 Å². The van der Waals surface area contributed by atoms with E-state index in [-0.39, 0.29) is 11.8 Å². The fourth-order valence-corrected chi connectivity index (χ4v) is 2.68. The minimum absolute atomic E-state index is 0.0606. The Balaban J connectivity index is 1.75. The number of aryl methyl sites for hydroxylation is 2. The Morgan fingerprint density at radius 2 is 1.91 bits per heavy atom. The van der Waals surface area contributed by atoms with Crippen molar-refractivity contribution in [3.63, 3.8) is 0 Å². The second-order valence-corrected chi connectivity index (χ2v) is 6.01. The first-order chi connectivity index (χ1) is 11.0. The molecule has 6 heteroatoms. The summed E-state index contributed by atoms with van der Waals surface area (Å²) in [5, 5.41) is 16.2. The maximum atomic E-state index is 12.2. The van der Waals surface area contributed by atoms with Crippen molar-refractivity contribution in [3.05, 3.63) is 47.3 Å². The molecular formula is C17H19N3O3. The zero-order valence-electron chi connectivity index (χ0n) is 13.1. The number of aliphatic carboxylic acids is 1. The Kier molecular flexibility index (Phi) is 3.90. The number of carbonyl (C=O) groups is 2. The summed E-state index contributed by atoms with van der Waals surface area (Å²) in [6.45, 7) is 3.89. The SMILES string of the molecule is Cc1cc(C)n(-c2ccc(C(=O)NC(C(=O)O)C3CC3)cc2)n1. The van der Waals surface area contributed by atoms with Crippen molar-refractivity contribution in [1.29, 1.82) is 0 Å². The molecule has 1 aliphatic carbocycles. The van der Waals surface area contributed by atoms with Gasteiger partial charge in [-0.05, 0) is 62.9 Å². The predicted octanol–water partition coefficient (Wildman–Crippen LogP) is 2.08. The molecule has 0 bridgehead atoms. The van der Waals surface area contributed by atoms with Gasteiger partial charge in [0.25, 0.3) is 5.91 Å². The van der Waals surface area contributed by atoms with E-state index in [2.05, 4.69) is 10.4 Å². The summed E-state index contributed by atoms with van der Waals surface area (Å²) in [6, 6.07) is 8.17. The second kappa shape index (κ2) is 5.87. The lowest BCUT2D eigenvalue weighted by Gasteiger charge is -2.13. The summed E-state index contributed by atoms with van der Waals surface area (Å²) in [6.07, 6.45) is 1.71.